The van der Waals surface area contributed by atoms with E-state index in [4.69, 9.17) is 4.74 Å². The van der Waals surface area contributed by atoms with Crippen molar-refractivity contribution in [1.82, 2.24) is 0 Å². The highest BCUT2D eigenvalue weighted by Crippen LogP contribution is 2.41. The summed E-state index contributed by atoms with van der Waals surface area (Å²) in [6.07, 6.45) is -5.70. The van der Waals surface area contributed by atoms with Gasteiger partial charge in [0.15, 0.2) is 0 Å². The number of alkyl halides is 5. The second-order valence-electron chi connectivity index (χ2n) is 10.3. The SMILES string of the molecule is CCCCCC1CCC(c2cc(F)c(-c3cc(F)c(C(F)(F)Oc4cc(F)c(C(F)(F)F)c(F)c4)c(F)c3)c(F)c2)OC1. The molecule has 2 atom stereocenters. The lowest BCUT2D eigenvalue weighted by molar-refractivity contribution is -0.189. The van der Waals surface area contributed by atoms with Gasteiger partial charge >= 0.3 is 12.3 Å². The Morgan fingerprint density at radius 3 is 1.77 bits per heavy atom. The zero-order chi connectivity index (χ0) is 31.7. The molecule has 234 valence electrons. The summed E-state index contributed by atoms with van der Waals surface area (Å²) in [4.78, 5) is 0. The molecule has 1 saturated heterocycles. The Labute approximate surface area is 239 Å². The molecule has 43 heavy (non-hydrogen) atoms. The maximum absolute atomic E-state index is 15.0. The summed E-state index contributed by atoms with van der Waals surface area (Å²) in [6.45, 7) is 2.49. The van der Waals surface area contributed by atoms with Crippen molar-refractivity contribution < 1.29 is 57.8 Å². The van der Waals surface area contributed by atoms with Crippen molar-refractivity contribution in [2.45, 2.75) is 63.8 Å². The zero-order valence-corrected chi connectivity index (χ0v) is 22.5. The molecule has 13 heteroatoms. The van der Waals surface area contributed by atoms with Crippen molar-refractivity contribution >= 4 is 0 Å². The molecule has 0 aliphatic carbocycles. The lowest BCUT2D eigenvalue weighted by Crippen LogP contribution is -2.25. The molecule has 2 nitrogen and oxygen atoms in total. The van der Waals surface area contributed by atoms with E-state index >= 15 is 8.78 Å². The van der Waals surface area contributed by atoms with Crippen molar-refractivity contribution in [3.8, 4) is 16.9 Å². The average Bonchev–Trinajstić information content (AvgIpc) is 2.86. The summed E-state index contributed by atoms with van der Waals surface area (Å²) >= 11 is 0. The summed E-state index contributed by atoms with van der Waals surface area (Å²) in [6, 6.07) is 1.77. The molecule has 1 heterocycles. The molecule has 0 saturated carbocycles. The number of halogens is 11. The maximum Gasteiger partial charge on any atom is 0.432 e. The normalized spacial score (nSPS) is 17.8. The van der Waals surface area contributed by atoms with E-state index in [1.165, 1.54) is 0 Å². The summed E-state index contributed by atoms with van der Waals surface area (Å²) in [5, 5.41) is 0. The van der Waals surface area contributed by atoms with Crippen LogP contribution in [0.25, 0.3) is 11.1 Å². The van der Waals surface area contributed by atoms with Gasteiger partial charge in [-0.15, -0.1) is 0 Å². The van der Waals surface area contributed by atoms with Crippen LogP contribution in [-0.4, -0.2) is 6.61 Å². The minimum Gasteiger partial charge on any atom is -0.429 e. The van der Waals surface area contributed by atoms with E-state index in [0.717, 1.165) is 44.2 Å². The van der Waals surface area contributed by atoms with Crippen LogP contribution in [0.5, 0.6) is 5.75 Å². The Hall–Kier alpha value is -3.35. The summed E-state index contributed by atoms with van der Waals surface area (Å²) < 4.78 is 165. The first kappa shape index (κ1) is 32.6. The van der Waals surface area contributed by atoms with Crippen molar-refractivity contribution in [2.75, 3.05) is 6.61 Å². The van der Waals surface area contributed by atoms with Gasteiger partial charge in [-0.3, -0.25) is 0 Å². The first-order chi connectivity index (χ1) is 20.1. The van der Waals surface area contributed by atoms with E-state index in [9.17, 15) is 39.5 Å². The minimum absolute atomic E-state index is 0.152. The predicted molar refractivity (Wildman–Crippen MR) is 133 cm³/mol. The fourth-order valence-electron chi connectivity index (χ4n) is 5.11. The average molecular weight is 627 g/mol. The molecule has 2 unspecified atom stereocenters. The van der Waals surface area contributed by atoms with Crippen LogP contribution < -0.4 is 4.74 Å². The van der Waals surface area contributed by atoms with Crippen LogP contribution in [0.15, 0.2) is 36.4 Å². The van der Waals surface area contributed by atoms with Gasteiger partial charge in [0.05, 0.1) is 18.3 Å². The summed E-state index contributed by atoms with van der Waals surface area (Å²) in [7, 11) is 0. The molecule has 0 bridgehead atoms. The molecule has 0 N–H and O–H groups in total. The lowest BCUT2D eigenvalue weighted by atomic mass is 9.90. The van der Waals surface area contributed by atoms with Gasteiger partial charge in [-0.05, 0) is 60.6 Å². The maximum atomic E-state index is 15.0. The van der Waals surface area contributed by atoms with Gasteiger partial charge in [-0.25, -0.2) is 26.3 Å². The first-order valence-corrected chi connectivity index (χ1v) is 13.4. The van der Waals surface area contributed by atoms with E-state index in [-0.39, 0.29) is 29.8 Å². The second kappa shape index (κ2) is 12.7. The second-order valence-corrected chi connectivity index (χ2v) is 10.3. The highest BCUT2D eigenvalue weighted by Gasteiger charge is 2.43. The van der Waals surface area contributed by atoms with E-state index in [1.54, 1.807) is 0 Å². The number of hydrogen-bond acceptors (Lipinski definition) is 2. The van der Waals surface area contributed by atoms with Gasteiger partial charge < -0.3 is 9.47 Å². The largest absolute Gasteiger partial charge is 0.432 e. The van der Waals surface area contributed by atoms with Gasteiger partial charge in [-0.2, -0.15) is 22.0 Å². The summed E-state index contributed by atoms with van der Waals surface area (Å²) in [5.74, 6) is -12.4. The Morgan fingerprint density at radius 2 is 1.28 bits per heavy atom. The molecular weight excluding hydrogens is 601 g/mol. The van der Waals surface area contributed by atoms with Gasteiger partial charge in [0.2, 0.25) is 0 Å². The van der Waals surface area contributed by atoms with Crippen LogP contribution >= 0.6 is 0 Å². The van der Waals surface area contributed by atoms with E-state index in [1.807, 2.05) is 0 Å². The third-order valence-electron chi connectivity index (χ3n) is 7.19. The molecule has 0 aromatic heterocycles. The minimum atomic E-state index is -5.51. The van der Waals surface area contributed by atoms with E-state index in [2.05, 4.69) is 11.7 Å². The van der Waals surface area contributed by atoms with Crippen molar-refractivity contribution in [3.05, 3.63) is 88.0 Å². The molecular formula is C30H25F11O2. The van der Waals surface area contributed by atoms with Gasteiger partial charge in [0.1, 0.15) is 51.8 Å². The number of hydrogen-bond donors (Lipinski definition) is 0. The standard InChI is InChI=1S/C30H25F11O2/c1-2-3-4-5-15-6-7-25(42-14-15)16-8-19(31)26(20(32)9-16)17-10-21(33)28(22(34)11-17)30(40,41)43-18-12-23(35)27(24(36)13-18)29(37,38)39/h8-13,15,25H,2-7,14H2,1H3. The van der Waals surface area contributed by atoms with Crippen molar-refractivity contribution in [1.29, 1.82) is 0 Å². The van der Waals surface area contributed by atoms with Crippen LogP contribution in [0, 0.1) is 40.8 Å². The summed E-state index contributed by atoms with van der Waals surface area (Å²) in [5.41, 5.74) is -6.06. The molecule has 4 rings (SSSR count). The Morgan fingerprint density at radius 1 is 0.721 bits per heavy atom. The van der Waals surface area contributed by atoms with Crippen molar-refractivity contribution in [3.63, 3.8) is 0 Å². The van der Waals surface area contributed by atoms with E-state index in [0.29, 0.717) is 18.9 Å². The number of benzene rings is 3. The van der Waals surface area contributed by atoms with Crippen LogP contribution in [0.2, 0.25) is 0 Å². The van der Waals surface area contributed by atoms with Gasteiger partial charge in [0.25, 0.3) is 0 Å². The lowest BCUT2D eigenvalue weighted by Gasteiger charge is -2.29. The molecule has 3 aromatic rings. The van der Waals surface area contributed by atoms with Gasteiger partial charge in [0, 0.05) is 12.1 Å². The Balaban J connectivity index is 1.56. The molecule has 1 aliphatic rings. The molecule has 0 spiro atoms. The quantitative estimate of drug-likeness (QED) is 0.174. The zero-order valence-electron chi connectivity index (χ0n) is 22.5. The smallest absolute Gasteiger partial charge is 0.429 e. The predicted octanol–water partition coefficient (Wildman–Crippen LogP) is 10.4. The fourth-order valence-corrected chi connectivity index (χ4v) is 5.11. The number of rotatable bonds is 9. The monoisotopic (exact) mass is 626 g/mol. The molecule has 1 fully saturated rings. The molecule has 1 aliphatic heterocycles. The van der Waals surface area contributed by atoms with Crippen LogP contribution in [0.3, 0.4) is 0 Å². The topological polar surface area (TPSA) is 18.5 Å². The third kappa shape index (κ3) is 7.25. The highest BCUT2D eigenvalue weighted by atomic mass is 19.4. The Bertz CT molecular complexity index is 1390. The molecule has 3 aromatic carbocycles. The van der Waals surface area contributed by atoms with Crippen molar-refractivity contribution in [2.24, 2.45) is 5.92 Å². The third-order valence-corrected chi connectivity index (χ3v) is 7.19. The van der Waals surface area contributed by atoms with Crippen LogP contribution in [0.1, 0.15) is 68.2 Å². The van der Waals surface area contributed by atoms with Crippen LogP contribution in [0.4, 0.5) is 48.3 Å². The highest BCUT2D eigenvalue weighted by molar-refractivity contribution is 5.66. The molecule has 0 amide bonds. The number of ether oxygens (including phenoxy) is 2. The van der Waals surface area contributed by atoms with Crippen LogP contribution in [-0.2, 0) is 17.0 Å². The number of unbranched alkanes of at least 4 members (excludes halogenated alkanes) is 2. The first-order valence-electron chi connectivity index (χ1n) is 13.4. The van der Waals surface area contributed by atoms with Gasteiger partial charge in [-0.1, -0.05) is 26.2 Å². The molecule has 0 radical (unpaired) electrons. The fraction of sp³-hybridized carbons (Fsp3) is 0.400. The Kier molecular flexibility index (Phi) is 9.63. The van der Waals surface area contributed by atoms with E-state index < -0.39 is 81.3 Å².